The van der Waals surface area contributed by atoms with E-state index in [0.717, 1.165) is 11.1 Å². The molecule has 0 aliphatic carbocycles. The van der Waals surface area contributed by atoms with Gasteiger partial charge in [-0.1, -0.05) is 26.0 Å². The normalized spacial score (nSPS) is 22.1. The van der Waals surface area contributed by atoms with Crippen molar-refractivity contribution in [2.75, 3.05) is 6.61 Å². The third-order valence-electron chi connectivity index (χ3n) is 5.36. The molecule has 1 amide bonds. The van der Waals surface area contributed by atoms with Crippen LogP contribution in [0.25, 0.3) is 0 Å². The summed E-state index contributed by atoms with van der Waals surface area (Å²) in [4.78, 5) is 25.0. The minimum absolute atomic E-state index is 0.297. The van der Waals surface area contributed by atoms with E-state index in [4.69, 9.17) is 28.5 Å². The second-order valence-electron chi connectivity index (χ2n) is 10.5. The number of amides is 1. The summed E-state index contributed by atoms with van der Waals surface area (Å²) in [5.41, 5.74) is 2.40. The molecular formula is C24H39N2O9P. The zero-order chi connectivity index (χ0) is 27.5. The van der Waals surface area contributed by atoms with Crippen LogP contribution in [0.3, 0.4) is 0 Å². The summed E-state index contributed by atoms with van der Waals surface area (Å²) in [6.45, 7) is 15.2. The molecule has 0 saturated carbocycles. The highest BCUT2D eigenvalue weighted by atomic mass is 31.2. The zero-order valence-electron chi connectivity index (χ0n) is 22.4. The number of hydrogen-bond acceptors (Lipinski definition) is 9. The van der Waals surface area contributed by atoms with E-state index >= 15 is 0 Å². The average molecular weight is 531 g/mol. The van der Waals surface area contributed by atoms with Crippen LogP contribution in [0.5, 0.6) is 5.75 Å². The number of nitrogens with one attached hydrogen (secondary N) is 2. The maximum Gasteiger partial charge on any atom is 0.459 e. The summed E-state index contributed by atoms with van der Waals surface area (Å²) in [5, 5.41) is 11.8. The fraction of sp³-hybridized carbons (Fsp3) is 0.667. The SMILES string of the molecule is Cc1cccc(OP(=O)(N[C@@H](C(=O)OC(C)(C)C)C(C)C)OC[C@H]2OC(C)(C)O[C@H]2C(=O)NO)c1C. The van der Waals surface area contributed by atoms with Crippen molar-refractivity contribution in [2.24, 2.45) is 5.92 Å². The number of carbonyl (C=O) groups excluding carboxylic acids is 2. The lowest BCUT2D eigenvalue weighted by atomic mass is 10.1. The van der Waals surface area contributed by atoms with E-state index in [9.17, 15) is 14.2 Å². The highest BCUT2D eigenvalue weighted by Gasteiger charge is 2.47. The lowest BCUT2D eigenvalue weighted by Crippen LogP contribution is -2.45. The van der Waals surface area contributed by atoms with E-state index in [1.807, 2.05) is 13.0 Å². The summed E-state index contributed by atoms with van der Waals surface area (Å²) < 4.78 is 42.5. The number of ether oxygens (including phenoxy) is 3. The summed E-state index contributed by atoms with van der Waals surface area (Å²) in [6, 6.07) is 4.23. The van der Waals surface area contributed by atoms with E-state index in [1.165, 1.54) is 5.48 Å². The Morgan fingerprint density at radius 1 is 1.19 bits per heavy atom. The number of rotatable bonds is 10. The number of carbonyl (C=O) groups is 2. The van der Waals surface area contributed by atoms with Crippen LogP contribution in [-0.2, 0) is 32.9 Å². The third kappa shape index (κ3) is 8.26. The topological polar surface area (TPSA) is 142 Å². The van der Waals surface area contributed by atoms with Crippen molar-refractivity contribution in [1.29, 1.82) is 0 Å². The van der Waals surface area contributed by atoms with Gasteiger partial charge in [0.05, 0.1) is 6.61 Å². The van der Waals surface area contributed by atoms with Gasteiger partial charge in [0.1, 0.15) is 23.5 Å². The van der Waals surface area contributed by atoms with Gasteiger partial charge in [-0.25, -0.2) is 10.0 Å². The third-order valence-corrected chi connectivity index (χ3v) is 6.88. The van der Waals surface area contributed by atoms with Crippen LogP contribution in [0.1, 0.15) is 59.6 Å². The standard InChI is InChI=1S/C24H39N2O9P/c1-14(2)19(22(28)34-23(5,6)7)26-36(30,35-17-12-10-11-15(3)16(17)4)31-13-18-20(21(27)25-29)33-24(8,9)32-18/h10-12,14,18-20,29H,13H2,1-9H3,(H,25,27)(H,26,30)/t18-,19-,20-,36?/m1/s1. The summed E-state index contributed by atoms with van der Waals surface area (Å²) in [7, 11) is -4.26. The molecule has 0 spiro atoms. The van der Waals surface area contributed by atoms with Gasteiger partial charge in [-0.2, -0.15) is 5.09 Å². The molecule has 1 saturated heterocycles. The van der Waals surface area contributed by atoms with Gasteiger partial charge in [0, 0.05) is 0 Å². The molecule has 12 heteroatoms. The Bertz CT molecular complexity index is 990. The lowest BCUT2D eigenvalue weighted by Gasteiger charge is -2.30. The highest BCUT2D eigenvalue weighted by molar-refractivity contribution is 7.52. The number of aryl methyl sites for hydroxylation is 1. The van der Waals surface area contributed by atoms with E-state index in [-0.39, 0.29) is 5.92 Å². The summed E-state index contributed by atoms with van der Waals surface area (Å²) in [6.07, 6.45) is -2.26. The molecule has 204 valence electrons. The molecular weight excluding hydrogens is 491 g/mol. The van der Waals surface area contributed by atoms with Crippen molar-refractivity contribution in [2.45, 2.75) is 92.0 Å². The minimum Gasteiger partial charge on any atom is -0.459 e. The van der Waals surface area contributed by atoms with Crippen molar-refractivity contribution in [3.63, 3.8) is 0 Å². The molecule has 1 aromatic carbocycles. The molecule has 1 heterocycles. The highest BCUT2D eigenvalue weighted by Crippen LogP contribution is 2.47. The number of benzene rings is 1. The van der Waals surface area contributed by atoms with E-state index < -0.39 is 55.9 Å². The fourth-order valence-electron chi connectivity index (χ4n) is 3.47. The van der Waals surface area contributed by atoms with Crippen LogP contribution in [0, 0.1) is 19.8 Å². The van der Waals surface area contributed by atoms with Gasteiger partial charge in [-0.3, -0.25) is 19.3 Å². The predicted octanol–water partition coefficient (Wildman–Crippen LogP) is 3.79. The van der Waals surface area contributed by atoms with Gasteiger partial charge in [-0.15, -0.1) is 0 Å². The Hall–Kier alpha value is -2.01. The Morgan fingerprint density at radius 3 is 2.39 bits per heavy atom. The van der Waals surface area contributed by atoms with Crippen LogP contribution in [0.4, 0.5) is 0 Å². The van der Waals surface area contributed by atoms with Gasteiger partial charge in [0.2, 0.25) is 0 Å². The van der Waals surface area contributed by atoms with Crippen molar-refractivity contribution >= 4 is 19.6 Å². The second kappa shape index (κ2) is 11.6. The first kappa shape index (κ1) is 30.2. The van der Waals surface area contributed by atoms with E-state index in [2.05, 4.69) is 5.09 Å². The number of esters is 1. The number of hydroxylamine groups is 1. The van der Waals surface area contributed by atoms with Crippen molar-refractivity contribution in [1.82, 2.24) is 10.6 Å². The molecule has 11 nitrogen and oxygen atoms in total. The van der Waals surface area contributed by atoms with Crippen LogP contribution in [0.2, 0.25) is 0 Å². The van der Waals surface area contributed by atoms with Crippen LogP contribution in [-0.4, -0.2) is 53.3 Å². The molecule has 4 atom stereocenters. The molecule has 3 N–H and O–H groups in total. The maximum absolute atomic E-state index is 14.1. The van der Waals surface area contributed by atoms with E-state index in [1.54, 1.807) is 67.5 Å². The fourth-order valence-corrected chi connectivity index (χ4v) is 5.19. The van der Waals surface area contributed by atoms with Crippen molar-refractivity contribution < 1.29 is 42.6 Å². The maximum atomic E-state index is 14.1. The van der Waals surface area contributed by atoms with Gasteiger partial charge in [0.25, 0.3) is 5.91 Å². The van der Waals surface area contributed by atoms with Crippen molar-refractivity contribution in [3.05, 3.63) is 29.3 Å². The van der Waals surface area contributed by atoms with Crippen LogP contribution in [0.15, 0.2) is 18.2 Å². The first-order valence-corrected chi connectivity index (χ1v) is 13.3. The van der Waals surface area contributed by atoms with Gasteiger partial charge < -0.3 is 18.7 Å². The van der Waals surface area contributed by atoms with Gasteiger partial charge >= 0.3 is 13.7 Å². The molecule has 1 aliphatic heterocycles. The Balaban J connectivity index is 2.37. The molecule has 0 radical (unpaired) electrons. The first-order chi connectivity index (χ1) is 16.5. The molecule has 36 heavy (non-hydrogen) atoms. The molecule has 1 aromatic rings. The zero-order valence-corrected chi connectivity index (χ0v) is 23.3. The molecule has 1 fully saturated rings. The average Bonchev–Trinajstić information content (AvgIpc) is 3.06. The van der Waals surface area contributed by atoms with Gasteiger partial charge in [-0.05, 0) is 71.6 Å². The summed E-state index contributed by atoms with van der Waals surface area (Å²) in [5.74, 6) is -2.66. The predicted molar refractivity (Wildman–Crippen MR) is 131 cm³/mol. The molecule has 1 unspecified atom stereocenters. The van der Waals surface area contributed by atoms with Crippen LogP contribution < -0.4 is 15.1 Å². The second-order valence-corrected chi connectivity index (χ2v) is 12.2. The molecule has 0 aromatic heterocycles. The molecule has 2 rings (SSSR count). The van der Waals surface area contributed by atoms with Crippen molar-refractivity contribution in [3.8, 4) is 5.75 Å². The largest absolute Gasteiger partial charge is 0.459 e. The first-order valence-electron chi connectivity index (χ1n) is 11.8. The van der Waals surface area contributed by atoms with Gasteiger partial charge in [0.15, 0.2) is 11.9 Å². The Kier molecular flexibility index (Phi) is 9.72. The monoisotopic (exact) mass is 530 g/mol. The lowest BCUT2D eigenvalue weighted by molar-refractivity contribution is -0.160. The quantitative estimate of drug-likeness (QED) is 0.177. The number of hydrogen-bond donors (Lipinski definition) is 3. The smallest absolute Gasteiger partial charge is 0.459 e. The molecule has 1 aliphatic rings. The Labute approximate surface area is 212 Å². The summed E-state index contributed by atoms with van der Waals surface area (Å²) >= 11 is 0. The van der Waals surface area contributed by atoms with Crippen LogP contribution >= 0.6 is 7.75 Å². The Morgan fingerprint density at radius 2 is 1.83 bits per heavy atom. The minimum atomic E-state index is -4.26. The van der Waals surface area contributed by atoms with E-state index in [0.29, 0.717) is 5.75 Å². The molecule has 0 bridgehead atoms.